The normalized spacial score (nSPS) is 10.8. The molecule has 0 radical (unpaired) electrons. The summed E-state index contributed by atoms with van der Waals surface area (Å²) in [6, 6.07) is 16.1. The first kappa shape index (κ1) is 12.1. The lowest BCUT2D eigenvalue weighted by atomic mass is 10.2. The number of fused-ring (bicyclic) bond motifs is 1. The van der Waals surface area contributed by atoms with Crippen LogP contribution in [0.25, 0.3) is 11.0 Å². The van der Waals surface area contributed by atoms with Crippen molar-refractivity contribution < 1.29 is 0 Å². The smallest absolute Gasteiger partial charge is 0.208 e. The predicted molar refractivity (Wildman–Crippen MR) is 80.0 cm³/mol. The highest BCUT2D eigenvalue weighted by Crippen LogP contribution is 2.22. The molecule has 0 unspecified atom stereocenters. The Morgan fingerprint density at radius 2 is 2.00 bits per heavy atom. The highest BCUT2D eigenvalue weighted by Gasteiger charge is 2.07. The standard InChI is InChI=1S/C15H14ClN3/c1-19-14-8-3-2-7-13(14)18-15(19)17-12-6-4-5-11(9-12)10-16/h2-9H,10H2,1H3,(H,17,18). The quantitative estimate of drug-likeness (QED) is 0.728. The van der Waals surface area contributed by atoms with E-state index in [0.717, 1.165) is 28.2 Å². The molecule has 0 saturated carbocycles. The predicted octanol–water partition coefficient (Wildman–Crippen LogP) is 4.06. The zero-order valence-corrected chi connectivity index (χ0v) is 11.4. The van der Waals surface area contributed by atoms with E-state index in [1.165, 1.54) is 0 Å². The molecule has 4 heteroatoms. The monoisotopic (exact) mass is 271 g/mol. The largest absolute Gasteiger partial charge is 0.326 e. The fraction of sp³-hybridized carbons (Fsp3) is 0.133. The van der Waals surface area contributed by atoms with Crippen LogP contribution in [0.15, 0.2) is 48.5 Å². The van der Waals surface area contributed by atoms with Crippen molar-refractivity contribution in [2.45, 2.75) is 5.88 Å². The molecule has 1 aromatic heterocycles. The van der Waals surface area contributed by atoms with Crippen molar-refractivity contribution in [1.82, 2.24) is 9.55 Å². The number of benzene rings is 2. The third-order valence-corrected chi connectivity index (χ3v) is 3.43. The van der Waals surface area contributed by atoms with Crippen molar-refractivity contribution in [2.75, 3.05) is 5.32 Å². The Balaban J connectivity index is 1.98. The van der Waals surface area contributed by atoms with Gasteiger partial charge in [0.05, 0.1) is 11.0 Å². The summed E-state index contributed by atoms with van der Waals surface area (Å²) in [5.41, 5.74) is 4.18. The van der Waals surface area contributed by atoms with Crippen LogP contribution in [0.5, 0.6) is 0 Å². The molecule has 3 aromatic rings. The highest BCUT2D eigenvalue weighted by molar-refractivity contribution is 6.17. The summed E-state index contributed by atoms with van der Waals surface area (Å²) in [6.45, 7) is 0. The molecule has 1 heterocycles. The van der Waals surface area contributed by atoms with Gasteiger partial charge in [0.15, 0.2) is 0 Å². The van der Waals surface area contributed by atoms with Gasteiger partial charge in [0, 0.05) is 18.6 Å². The number of para-hydroxylation sites is 2. The molecule has 1 N–H and O–H groups in total. The second-order valence-corrected chi connectivity index (χ2v) is 4.71. The van der Waals surface area contributed by atoms with Gasteiger partial charge in [-0.05, 0) is 29.8 Å². The van der Waals surface area contributed by atoms with Crippen LogP contribution in [0, 0.1) is 0 Å². The molecule has 2 aromatic carbocycles. The molecule has 3 nitrogen and oxygen atoms in total. The lowest BCUT2D eigenvalue weighted by Crippen LogP contribution is -1.99. The molecule has 0 spiro atoms. The molecule has 0 aliphatic carbocycles. The van der Waals surface area contributed by atoms with Crippen LogP contribution in [-0.4, -0.2) is 9.55 Å². The van der Waals surface area contributed by atoms with Gasteiger partial charge in [-0.3, -0.25) is 0 Å². The van der Waals surface area contributed by atoms with E-state index in [-0.39, 0.29) is 0 Å². The molecule has 0 aliphatic rings. The minimum Gasteiger partial charge on any atom is -0.326 e. The van der Waals surface area contributed by atoms with Gasteiger partial charge >= 0.3 is 0 Å². The highest BCUT2D eigenvalue weighted by atomic mass is 35.5. The van der Waals surface area contributed by atoms with Crippen LogP contribution < -0.4 is 5.32 Å². The van der Waals surface area contributed by atoms with E-state index >= 15 is 0 Å². The SMILES string of the molecule is Cn1c(Nc2cccc(CCl)c2)nc2ccccc21. The van der Waals surface area contributed by atoms with Crippen molar-refractivity contribution in [3.05, 3.63) is 54.1 Å². The van der Waals surface area contributed by atoms with E-state index < -0.39 is 0 Å². The van der Waals surface area contributed by atoms with Gasteiger partial charge in [-0.1, -0.05) is 24.3 Å². The van der Waals surface area contributed by atoms with Crippen LogP contribution in [0.4, 0.5) is 11.6 Å². The third-order valence-electron chi connectivity index (χ3n) is 3.12. The Morgan fingerprint density at radius 3 is 2.79 bits per heavy atom. The van der Waals surface area contributed by atoms with Crippen molar-refractivity contribution >= 4 is 34.3 Å². The van der Waals surface area contributed by atoms with Crippen molar-refractivity contribution in [3.8, 4) is 0 Å². The maximum atomic E-state index is 5.85. The molecule has 3 rings (SSSR count). The first-order valence-electron chi connectivity index (χ1n) is 6.11. The number of aromatic nitrogens is 2. The summed E-state index contributed by atoms with van der Waals surface area (Å²) in [4.78, 5) is 4.58. The van der Waals surface area contributed by atoms with E-state index in [4.69, 9.17) is 11.6 Å². The van der Waals surface area contributed by atoms with Crippen LogP contribution in [0.3, 0.4) is 0 Å². The fourth-order valence-corrected chi connectivity index (χ4v) is 2.28. The molecule has 96 valence electrons. The number of hydrogen-bond donors (Lipinski definition) is 1. The number of halogens is 1. The van der Waals surface area contributed by atoms with E-state index in [2.05, 4.69) is 16.4 Å². The Hall–Kier alpha value is -2.00. The third kappa shape index (κ3) is 2.29. The molecule has 0 aliphatic heterocycles. The number of aryl methyl sites for hydroxylation is 1. The number of alkyl halides is 1. The minimum atomic E-state index is 0.512. The second-order valence-electron chi connectivity index (χ2n) is 4.44. The summed E-state index contributed by atoms with van der Waals surface area (Å²) in [5.74, 6) is 1.34. The van der Waals surface area contributed by atoms with Crippen LogP contribution >= 0.6 is 11.6 Å². The zero-order chi connectivity index (χ0) is 13.2. The first-order valence-corrected chi connectivity index (χ1v) is 6.65. The van der Waals surface area contributed by atoms with E-state index in [9.17, 15) is 0 Å². The number of hydrogen-bond acceptors (Lipinski definition) is 2. The first-order chi connectivity index (χ1) is 9.28. The molecule has 0 amide bonds. The average Bonchev–Trinajstić information content (AvgIpc) is 2.76. The van der Waals surface area contributed by atoms with Gasteiger partial charge in [0.2, 0.25) is 5.95 Å². The van der Waals surface area contributed by atoms with Gasteiger partial charge in [0.25, 0.3) is 0 Å². The lowest BCUT2D eigenvalue weighted by Gasteiger charge is -2.07. The van der Waals surface area contributed by atoms with Crippen LogP contribution in [0.1, 0.15) is 5.56 Å². The van der Waals surface area contributed by atoms with Gasteiger partial charge in [-0.15, -0.1) is 11.6 Å². The van der Waals surface area contributed by atoms with Gasteiger partial charge in [-0.25, -0.2) is 4.98 Å². The Morgan fingerprint density at radius 1 is 1.16 bits per heavy atom. The van der Waals surface area contributed by atoms with Crippen LogP contribution in [0.2, 0.25) is 0 Å². The Bertz CT molecular complexity index is 718. The molecular formula is C15H14ClN3. The maximum Gasteiger partial charge on any atom is 0.208 e. The Labute approximate surface area is 116 Å². The molecular weight excluding hydrogens is 258 g/mol. The summed E-state index contributed by atoms with van der Waals surface area (Å²) in [6.07, 6.45) is 0. The Kier molecular flexibility index (Phi) is 3.13. The zero-order valence-electron chi connectivity index (χ0n) is 10.6. The number of rotatable bonds is 3. The van der Waals surface area contributed by atoms with E-state index in [1.54, 1.807) is 0 Å². The maximum absolute atomic E-state index is 5.85. The van der Waals surface area contributed by atoms with E-state index in [0.29, 0.717) is 5.88 Å². The topological polar surface area (TPSA) is 29.9 Å². The van der Waals surface area contributed by atoms with Crippen molar-refractivity contribution in [2.24, 2.45) is 7.05 Å². The van der Waals surface area contributed by atoms with Crippen molar-refractivity contribution in [3.63, 3.8) is 0 Å². The minimum absolute atomic E-state index is 0.512. The number of anilines is 2. The van der Waals surface area contributed by atoms with Gasteiger partial charge in [-0.2, -0.15) is 0 Å². The van der Waals surface area contributed by atoms with E-state index in [1.807, 2.05) is 54.1 Å². The van der Waals surface area contributed by atoms with Gasteiger partial charge < -0.3 is 9.88 Å². The molecule has 19 heavy (non-hydrogen) atoms. The summed E-state index contributed by atoms with van der Waals surface area (Å²) in [7, 11) is 2.00. The van der Waals surface area contributed by atoms with Gasteiger partial charge in [0.1, 0.15) is 0 Å². The molecule has 0 fully saturated rings. The second kappa shape index (κ2) is 4.94. The number of nitrogens with one attached hydrogen (secondary N) is 1. The fourth-order valence-electron chi connectivity index (χ4n) is 2.12. The van der Waals surface area contributed by atoms with Crippen LogP contribution in [-0.2, 0) is 12.9 Å². The number of nitrogens with zero attached hydrogens (tertiary/aromatic N) is 2. The van der Waals surface area contributed by atoms with Crippen molar-refractivity contribution in [1.29, 1.82) is 0 Å². The lowest BCUT2D eigenvalue weighted by molar-refractivity contribution is 0.958. The average molecular weight is 272 g/mol. The molecule has 0 bridgehead atoms. The summed E-state index contributed by atoms with van der Waals surface area (Å²) >= 11 is 5.85. The molecule has 0 saturated heterocycles. The summed E-state index contributed by atoms with van der Waals surface area (Å²) < 4.78 is 2.04. The molecule has 0 atom stereocenters. The number of imidazole rings is 1. The summed E-state index contributed by atoms with van der Waals surface area (Å²) in [5, 5.41) is 3.33.